The highest BCUT2D eigenvalue weighted by Crippen LogP contribution is 2.45. The number of rotatable bonds is 8. The van der Waals surface area contributed by atoms with Crippen LogP contribution in [-0.2, 0) is 19.1 Å². The third-order valence-corrected chi connectivity index (χ3v) is 8.00. The molecule has 4 rings (SSSR count). The number of benzene rings is 2. The number of imide groups is 2. The van der Waals surface area contributed by atoms with Gasteiger partial charge in [0.2, 0.25) is 11.8 Å². The van der Waals surface area contributed by atoms with Crippen LogP contribution >= 0.6 is 0 Å². The normalized spacial score (nSPS) is 23.6. The van der Waals surface area contributed by atoms with Crippen molar-refractivity contribution >= 4 is 24.0 Å². The summed E-state index contributed by atoms with van der Waals surface area (Å²) in [5, 5.41) is 0. The molecule has 0 unspecified atom stereocenters. The monoisotopic (exact) mass is 546 g/mol. The number of hydrogen-bond acceptors (Lipinski definition) is 6. The molecule has 8 heteroatoms. The van der Waals surface area contributed by atoms with E-state index < -0.39 is 59.1 Å². The Bertz CT molecular complexity index is 1290. The largest absolute Gasteiger partial charge is 0.440 e. The van der Waals surface area contributed by atoms with Crippen LogP contribution in [0, 0.1) is 17.8 Å². The molecule has 0 bridgehead atoms. The Kier molecular flexibility index (Phi) is 7.92. The van der Waals surface area contributed by atoms with Crippen LogP contribution in [-0.4, -0.2) is 45.0 Å². The number of ether oxygens (including phenoxy) is 2. The first-order chi connectivity index (χ1) is 18.8. The van der Waals surface area contributed by atoms with Gasteiger partial charge >= 0.3 is 12.2 Å². The van der Waals surface area contributed by atoms with Crippen molar-refractivity contribution in [3.05, 3.63) is 84.4 Å². The number of carbonyl (C=O) groups excluding carboxylic acids is 4. The predicted octanol–water partition coefficient (Wildman–Crippen LogP) is 6.45. The zero-order chi connectivity index (χ0) is 29.4. The van der Waals surface area contributed by atoms with Crippen LogP contribution in [0.1, 0.15) is 71.2 Å². The van der Waals surface area contributed by atoms with Crippen LogP contribution in [0.15, 0.2) is 73.3 Å². The Balaban J connectivity index is 1.64. The van der Waals surface area contributed by atoms with Gasteiger partial charge in [-0.05, 0) is 50.7 Å². The van der Waals surface area contributed by atoms with Gasteiger partial charge in [-0.25, -0.2) is 19.4 Å². The molecule has 4 amide bonds. The molecule has 8 nitrogen and oxygen atoms in total. The van der Waals surface area contributed by atoms with E-state index in [1.807, 2.05) is 67.6 Å². The standard InChI is InChI=1S/C32H38N2O6/c1-8-20(2)25(28(36)34-27(23-17-13-10-14-18-23)32(6,7)40-30(34)38)21(3)19-24(35)33-26(22-15-11-9-12-16-22)31(4,5)39-29(33)37/h8-18,20-21,25-27H,1,19H2,2-7H3/t20-,21-,25+,26-,27-/m0/s1. The first kappa shape index (κ1) is 29.1. The summed E-state index contributed by atoms with van der Waals surface area (Å²) >= 11 is 0. The molecule has 0 N–H and O–H groups in total. The van der Waals surface area contributed by atoms with Crippen molar-refractivity contribution in [3.8, 4) is 0 Å². The van der Waals surface area contributed by atoms with E-state index in [2.05, 4.69) is 6.58 Å². The molecule has 2 fully saturated rings. The van der Waals surface area contributed by atoms with Gasteiger partial charge in [0, 0.05) is 12.3 Å². The minimum Gasteiger partial charge on any atom is -0.440 e. The summed E-state index contributed by atoms with van der Waals surface area (Å²) < 4.78 is 11.3. The van der Waals surface area contributed by atoms with E-state index in [1.165, 1.54) is 4.90 Å². The van der Waals surface area contributed by atoms with Crippen molar-refractivity contribution in [1.82, 2.24) is 9.80 Å². The minimum atomic E-state index is -0.955. The number of allylic oxidation sites excluding steroid dienone is 1. The highest BCUT2D eigenvalue weighted by molar-refractivity contribution is 5.97. The second-order valence-corrected chi connectivity index (χ2v) is 11.8. The number of amides is 4. The molecule has 0 saturated carbocycles. The van der Waals surface area contributed by atoms with Gasteiger partial charge in [-0.3, -0.25) is 9.59 Å². The molecule has 40 heavy (non-hydrogen) atoms. The number of cyclic esters (lactones) is 2. The van der Waals surface area contributed by atoms with Gasteiger partial charge < -0.3 is 9.47 Å². The highest BCUT2D eigenvalue weighted by atomic mass is 16.6. The van der Waals surface area contributed by atoms with Gasteiger partial charge in [0.1, 0.15) is 23.3 Å². The van der Waals surface area contributed by atoms with E-state index >= 15 is 0 Å². The molecule has 0 spiro atoms. The van der Waals surface area contributed by atoms with Gasteiger partial charge in [0.15, 0.2) is 0 Å². The van der Waals surface area contributed by atoms with Gasteiger partial charge in [0.05, 0.1) is 0 Å². The molecule has 0 radical (unpaired) electrons. The minimum absolute atomic E-state index is 0.106. The number of carbonyl (C=O) groups is 4. The lowest BCUT2D eigenvalue weighted by Crippen LogP contribution is -2.45. The molecule has 0 aliphatic carbocycles. The maximum atomic E-state index is 14.2. The fourth-order valence-electron chi connectivity index (χ4n) is 6.12. The summed E-state index contributed by atoms with van der Waals surface area (Å²) in [6.07, 6.45) is 0.0984. The molecule has 2 aliphatic rings. The average Bonchev–Trinajstić information content (AvgIpc) is 3.30. The quantitative estimate of drug-likeness (QED) is 0.353. The van der Waals surface area contributed by atoms with E-state index in [0.717, 1.165) is 16.0 Å². The molecule has 212 valence electrons. The first-order valence-electron chi connectivity index (χ1n) is 13.6. The average molecular weight is 547 g/mol. The molecular weight excluding hydrogens is 508 g/mol. The number of hydrogen-bond donors (Lipinski definition) is 0. The summed E-state index contributed by atoms with van der Waals surface area (Å²) in [7, 11) is 0. The molecular formula is C32H38N2O6. The summed E-state index contributed by atoms with van der Waals surface area (Å²) in [6, 6.07) is 17.3. The fraction of sp³-hybridized carbons (Fsp3) is 0.438. The van der Waals surface area contributed by atoms with Crippen molar-refractivity contribution in [2.24, 2.45) is 17.8 Å². The Morgan fingerprint density at radius 1 is 0.825 bits per heavy atom. The van der Waals surface area contributed by atoms with Gasteiger partial charge in [0.25, 0.3) is 0 Å². The second kappa shape index (κ2) is 10.9. The molecule has 5 atom stereocenters. The Morgan fingerprint density at radius 2 is 1.25 bits per heavy atom. The van der Waals surface area contributed by atoms with Gasteiger partial charge in [-0.15, -0.1) is 6.58 Å². The Morgan fingerprint density at radius 3 is 1.70 bits per heavy atom. The fourth-order valence-corrected chi connectivity index (χ4v) is 6.12. The van der Waals surface area contributed by atoms with Crippen molar-refractivity contribution in [2.45, 2.75) is 71.2 Å². The second-order valence-electron chi connectivity index (χ2n) is 11.8. The van der Waals surface area contributed by atoms with Crippen molar-refractivity contribution in [3.63, 3.8) is 0 Å². The van der Waals surface area contributed by atoms with Crippen LogP contribution in [0.4, 0.5) is 9.59 Å². The summed E-state index contributed by atoms with van der Waals surface area (Å²) in [4.78, 5) is 56.3. The molecule has 2 aliphatic heterocycles. The zero-order valence-corrected chi connectivity index (χ0v) is 24.0. The maximum Gasteiger partial charge on any atom is 0.417 e. The van der Waals surface area contributed by atoms with E-state index in [0.29, 0.717) is 0 Å². The number of nitrogens with zero attached hydrogens (tertiary/aromatic N) is 2. The van der Waals surface area contributed by atoms with E-state index in [9.17, 15) is 19.2 Å². The smallest absolute Gasteiger partial charge is 0.417 e. The lowest BCUT2D eigenvalue weighted by Gasteiger charge is -2.34. The van der Waals surface area contributed by atoms with Crippen molar-refractivity contribution in [1.29, 1.82) is 0 Å². The maximum absolute atomic E-state index is 14.2. The van der Waals surface area contributed by atoms with E-state index in [1.54, 1.807) is 40.7 Å². The highest BCUT2D eigenvalue weighted by Gasteiger charge is 2.55. The predicted molar refractivity (Wildman–Crippen MR) is 150 cm³/mol. The van der Waals surface area contributed by atoms with E-state index in [-0.39, 0.29) is 12.3 Å². The SMILES string of the molecule is C=C[C@H](C)[C@@H](C(=O)N1C(=O)OC(C)(C)[C@@H]1c1ccccc1)[C@@H](C)CC(=O)N1C(=O)OC(C)(C)[C@@H]1c1ccccc1. The van der Waals surface area contributed by atoms with Crippen LogP contribution < -0.4 is 0 Å². The van der Waals surface area contributed by atoms with Crippen molar-refractivity contribution in [2.75, 3.05) is 0 Å². The Hall–Kier alpha value is -3.94. The zero-order valence-electron chi connectivity index (χ0n) is 24.0. The third kappa shape index (κ3) is 5.27. The van der Waals surface area contributed by atoms with Crippen LogP contribution in [0.25, 0.3) is 0 Å². The first-order valence-corrected chi connectivity index (χ1v) is 13.6. The van der Waals surface area contributed by atoms with Crippen LogP contribution in [0.3, 0.4) is 0 Å². The lowest BCUT2D eigenvalue weighted by molar-refractivity contribution is -0.138. The summed E-state index contributed by atoms with van der Waals surface area (Å²) in [5.74, 6) is -2.56. The van der Waals surface area contributed by atoms with Gasteiger partial charge in [-0.1, -0.05) is 80.6 Å². The molecule has 0 aromatic heterocycles. The molecule has 2 saturated heterocycles. The molecule has 2 aromatic rings. The topological polar surface area (TPSA) is 93.2 Å². The van der Waals surface area contributed by atoms with E-state index in [4.69, 9.17) is 9.47 Å². The summed E-state index contributed by atoms with van der Waals surface area (Å²) in [5.41, 5.74) is -0.343. The third-order valence-electron chi connectivity index (χ3n) is 8.00. The van der Waals surface area contributed by atoms with Crippen LogP contribution in [0.5, 0.6) is 0 Å². The lowest BCUT2D eigenvalue weighted by atomic mass is 9.79. The molecule has 2 heterocycles. The van der Waals surface area contributed by atoms with Gasteiger partial charge in [-0.2, -0.15) is 0 Å². The van der Waals surface area contributed by atoms with Crippen molar-refractivity contribution < 1.29 is 28.7 Å². The summed E-state index contributed by atoms with van der Waals surface area (Å²) in [6.45, 7) is 14.6. The molecule has 2 aromatic carbocycles. The Labute approximate surface area is 235 Å². The van der Waals surface area contributed by atoms with Crippen LogP contribution in [0.2, 0.25) is 0 Å².